The number of ketones is 2. The van der Waals surface area contributed by atoms with Gasteiger partial charge in [0.05, 0.1) is 25.0 Å². The van der Waals surface area contributed by atoms with Gasteiger partial charge in [0.2, 0.25) is 0 Å². The summed E-state index contributed by atoms with van der Waals surface area (Å²) in [5, 5.41) is 8.71. The first-order chi connectivity index (χ1) is 22.8. The van der Waals surface area contributed by atoms with Crippen molar-refractivity contribution in [2.75, 3.05) is 33.5 Å². The number of aliphatic hydroxyl groups is 1. The predicted molar refractivity (Wildman–Crippen MR) is 180 cm³/mol. The molecule has 47 heavy (non-hydrogen) atoms. The first-order valence-corrected chi connectivity index (χ1v) is 15.6. The van der Waals surface area contributed by atoms with Crippen molar-refractivity contribution in [1.29, 1.82) is 0 Å². The molecule has 0 aliphatic rings. The summed E-state index contributed by atoms with van der Waals surface area (Å²) in [4.78, 5) is 49.1. The van der Waals surface area contributed by atoms with Crippen LogP contribution in [0.15, 0.2) is 109 Å². The maximum atomic E-state index is 12.5. The van der Waals surface area contributed by atoms with Crippen molar-refractivity contribution in [2.24, 2.45) is 0 Å². The first kappa shape index (κ1) is 36.5. The van der Waals surface area contributed by atoms with Gasteiger partial charge in [-0.2, -0.15) is 0 Å². The quantitative estimate of drug-likeness (QED) is 0.0886. The lowest BCUT2D eigenvalue weighted by atomic mass is 9.96. The molecule has 8 nitrogen and oxygen atoms in total. The fraction of sp³-hybridized carbons (Fsp3) is 0.282. The Kier molecular flexibility index (Phi) is 15.2. The van der Waals surface area contributed by atoms with Crippen LogP contribution in [0.3, 0.4) is 0 Å². The Labute approximate surface area is 276 Å². The van der Waals surface area contributed by atoms with Crippen molar-refractivity contribution in [2.45, 2.75) is 38.5 Å². The van der Waals surface area contributed by atoms with Gasteiger partial charge < -0.3 is 19.3 Å². The Bertz CT molecular complexity index is 1580. The molecular weight excluding hydrogens is 596 g/mol. The highest BCUT2D eigenvalue weighted by molar-refractivity contribution is 6.09. The first-order valence-electron chi connectivity index (χ1n) is 15.6. The number of aliphatic hydroxyl groups excluding tert-OH is 1. The Morgan fingerprint density at radius 1 is 0.553 bits per heavy atom. The van der Waals surface area contributed by atoms with E-state index in [0.29, 0.717) is 48.3 Å². The summed E-state index contributed by atoms with van der Waals surface area (Å²) in [5.41, 5.74) is 3.86. The van der Waals surface area contributed by atoms with Crippen LogP contribution >= 0.6 is 0 Å². The number of carbonyl (C=O) groups is 4. The standard InChI is InChI=1S/C20H22O4.C19H20O4/c1-15(20(22)24-13-7-12-23-2)17-10-6-11-18(14-17)19(21)16-8-4-3-5-9-16;1-14(19(22)23-12-6-11-20)16-9-5-10-17(13-16)18(21)15-7-3-2-4-8-15/h3-6,8-11,14-15H,7,12-13H2,1-2H3;2-5,7-10,13-14,20H,6,11-12H2,1H3. The van der Waals surface area contributed by atoms with Crippen molar-refractivity contribution in [3.8, 4) is 0 Å². The molecule has 4 aromatic rings. The van der Waals surface area contributed by atoms with Crippen LogP contribution in [0.25, 0.3) is 0 Å². The van der Waals surface area contributed by atoms with E-state index in [1.807, 2.05) is 42.5 Å². The Morgan fingerprint density at radius 3 is 1.36 bits per heavy atom. The molecule has 0 saturated carbocycles. The number of benzene rings is 4. The average molecular weight is 639 g/mol. The zero-order chi connectivity index (χ0) is 34.0. The van der Waals surface area contributed by atoms with E-state index >= 15 is 0 Å². The molecule has 0 spiro atoms. The van der Waals surface area contributed by atoms with Crippen molar-refractivity contribution in [1.82, 2.24) is 0 Å². The van der Waals surface area contributed by atoms with Gasteiger partial charge >= 0.3 is 11.9 Å². The fourth-order valence-electron chi connectivity index (χ4n) is 4.55. The minimum absolute atomic E-state index is 0.0112. The van der Waals surface area contributed by atoms with Crippen LogP contribution in [0.1, 0.15) is 81.5 Å². The molecule has 0 amide bonds. The second-order valence-electron chi connectivity index (χ2n) is 10.8. The largest absolute Gasteiger partial charge is 0.465 e. The van der Waals surface area contributed by atoms with E-state index < -0.39 is 11.8 Å². The van der Waals surface area contributed by atoms with Crippen molar-refractivity contribution >= 4 is 23.5 Å². The number of carbonyl (C=O) groups excluding carboxylic acids is 4. The minimum Gasteiger partial charge on any atom is -0.465 e. The van der Waals surface area contributed by atoms with E-state index in [0.717, 1.165) is 11.1 Å². The van der Waals surface area contributed by atoms with Crippen LogP contribution in [0.5, 0.6) is 0 Å². The van der Waals surface area contributed by atoms with Gasteiger partial charge in [-0.05, 0) is 37.1 Å². The molecule has 246 valence electrons. The van der Waals surface area contributed by atoms with E-state index in [-0.39, 0.29) is 36.7 Å². The van der Waals surface area contributed by atoms with E-state index in [1.165, 1.54) is 0 Å². The molecule has 1 N–H and O–H groups in total. The highest BCUT2D eigenvalue weighted by Gasteiger charge is 2.20. The molecule has 0 radical (unpaired) electrons. The average Bonchev–Trinajstić information content (AvgIpc) is 3.13. The summed E-state index contributed by atoms with van der Waals surface area (Å²) >= 11 is 0. The Balaban J connectivity index is 0.000000256. The van der Waals surface area contributed by atoms with Gasteiger partial charge in [0.15, 0.2) is 11.6 Å². The second kappa shape index (κ2) is 19.6. The van der Waals surface area contributed by atoms with Gasteiger partial charge in [0.1, 0.15) is 0 Å². The Hall–Kier alpha value is -4.92. The number of hydrogen-bond acceptors (Lipinski definition) is 8. The minimum atomic E-state index is -0.461. The van der Waals surface area contributed by atoms with Crippen molar-refractivity contribution in [3.63, 3.8) is 0 Å². The highest BCUT2D eigenvalue weighted by Crippen LogP contribution is 2.21. The smallest absolute Gasteiger partial charge is 0.313 e. The molecule has 0 bridgehead atoms. The van der Waals surface area contributed by atoms with Crippen LogP contribution < -0.4 is 0 Å². The van der Waals surface area contributed by atoms with Gasteiger partial charge in [-0.1, -0.05) is 97.1 Å². The number of esters is 2. The van der Waals surface area contributed by atoms with Crippen LogP contribution in [0, 0.1) is 0 Å². The van der Waals surface area contributed by atoms with Gasteiger partial charge in [-0.3, -0.25) is 19.2 Å². The van der Waals surface area contributed by atoms with Gasteiger partial charge in [0.25, 0.3) is 0 Å². The third-order valence-electron chi connectivity index (χ3n) is 7.36. The maximum Gasteiger partial charge on any atom is 0.313 e. The highest BCUT2D eigenvalue weighted by atomic mass is 16.5. The molecule has 2 unspecified atom stereocenters. The van der Waals surface area contributed by atoms with E-state index in [2.05, 4.69) is 0 Å². The van der Waals surface area contributed by atoms with E-state index in [1.54, 1.807) is 87.7 Å². The van der Waals surface area contributed by atoms with Crippen LogP contribution in [-0.2, 0) is 23.8 Å². The topological polar surface area (TPSA) is 116 Å². The fourth-order valence-corrected chi connectivity index (χ4v) is 4.55. The molecule has 0 saturated heterocycles. The van der Waals surface area contributed by atoms with Crippen LogP contribution in [0.4, 0.5) is 0 Å². The third-order valence-corrected chi connectivity index (χ3v) is 7.36. The van der Waals surface area contributed by atoms with E-state index in [4.69, 9.17) is 19.3 Å². The Morgan fingerprint density at radius 2 is 0.957 bits per heavy atom. The summed E-state index contributed by atoms with van der Waals surface area (Å²) in [6.45, 7) is 4.60. The molecule has 0 aliphatic heterocycles. The SMILES string of the molecule is CC(C(=O)OCCCO)c1cccc(C(=O)c2ccccc2)c1.COCCCOC(=O)C(C)c1cccc(C(=O)c2ccccc2)c1. The summed E-state index contributed by atoms with van der Waals surface area (Å²) in [5.74, 6) is -1.67. The molecule has 2 atom stereocenters. The van der Waals surface area contributed by atoms with Crippen molar-refractivity contribution in [3.05, 3.63) is 143 Å². The summed E-state index contributed by atoms with van der Waals surface area (Å²) in [6.07, 6.45) is 1.09. The molecule has 0 aromatic heterocycles. The number of methoxy groups -OCH3 is 1. The lowest BCUT2D eigenvalue weighted by Gasteiger charge is -2.13. The molecule has 8 heteroatoms. The van der Waals surface area contributed by atoms with Crippen LogP contribution in [-0.4, -0.2) is 62.1 Å². The normalized spacial score (nSPS) is 11.7. The van der Waals surface area contributed by atoms with Gasteiger partial charge in [-0.25, -0.2) is 0 Å². The van der Waals surface area contributed by atoms with E-state index in [9.17, 15) is 19.2 Å². The molecule has 0 heterocycles. The number of hydrogen-bond donors (Lipinski definition) is 1. The summed E-state index contributed by atoms with van der Waals surface area (Å²) < 4.78 is 15.3. The number of ether oxygens (including phenoxy) is 3. The molecule has 4 rings (SSSR count). The second-order valence-corrected chi connectivity index (χ2v) is 10.8. The lowest BCUT2D eigenvalue weighted by Crippen LogP contribution is -2.15. The molecule has 0 aliphatic carbocycles. The summed E-state index contributed by atoms with van der Waals surface area (Å²) in [7, 11) is 1.61. The van der Waals surface area contributed by atoms with Crippen LogP contribution in [0.2, 0.25) is 0 Å². The predicted octanol–water partition coefficient (Wildman–Crippen LogP) is 6.55. The molecule has 4 aromatic carbocycles. The summed E-state index contributed by atoms with van der Waals surface area (Å²) in [6, 6.07) is 32.3. The maximum absolute atomic E-state index is 12.5. The monoisotopic (exact) mass is 638 g/mol. The zero-order valence-corrected chi connectivity index (χ0v) is 27.1. The molecule has 0 fully saturated rings. The van der Waals surface area contributed by atoms with Gasteiger partial charge in [0, 0.05) is 55.4 Å². The van der Waals surface area contributed by atoms with Crippen molar-refractivity contribution < 1.29 is 38.5 Å². The zero-order valence-electron chi connectivity index (χ0n) is 27.1. The lowest BCUT2D eigenvalue weighted by molar-refractivity contribution is -0.146. The third kappa shape index (κ3) is 11.4. The van der Waals surface area contributed by atoms with Gasteiger partial charge in [-0.15, -0.1) is 0 Å². The molecular formula is C39H42O8. The number of rotatable bonds is 15.